The molecule has 0 aliphatic carbocycles. The quantitative estimate of drug-likeness (QED) is 0.841. The van der Waals surface area contributed by atoms with E-state index >= 15 is 0 Å². The molecule has 0 aromatic heterocycles. The molecule has 1 aromatic carbocycles. The molecule has 0 unspecified atom stereocenters. The van der Waals surface area contributed by atoms with E-state index < -0.39 is 0 Å². The van der Waals surface area contributed by atoms with E-state index in [2.05, 4.69) is 16.1 Å². The van der Waals surface area contributed by atoms with Crippen molar-refractivity contribution in [2.45, 2.75) is 0 Å². The Balaban J connectivity index is 1.87. The third-order valence-corrected chi connectivity index (χ3v) is 3.35. The highest BCUT2D eigenvalue weighted by Crippen LogP contribution is 2.20. The van der Waals surface area contributed by atoms with E-state index in [-0.39, 0.29) is 12.6 Å². The van der Waals surface area contributed by atoms with Gasteiger partial charge in [0.15, 0.2) is 0 Å². The molecular weight excluding hydrogens is 254 g/mol. The lowest BCUT2D eigenvalue weighted by Gasteiger charge is -2.36. The molecule has 20 heavy (non-hydrogen) atoms. The van der Waals surface area contributed by atoms with Crippen molar-refractivity contribution in [1.82, 2.24) is 10.2 Å². The number of hydrogen-bond acceptors (Lipinski definition) is 3. The third-order valence-electron chi connectivity index (χ3n) is 3.35. The predicted octanol–water partition coefficient (Wildman–Crippen LogP) is 1.16. The number of nitrogens with one attached hydrogen (secondary N) is 1. The Bertz CT molecular complexity index is 485. The zero-order valence-corrected chi connectivity index (χ0v) is 11.6. The maximum Gasteiger partial charge on any atom is 0.318 e. The van der Waals surface area contributed by atoms with Gasteiger partial charge >= 0.3 is 6.03 Å². The van der Waals surface area contributed by atoms with Crippen LogP contribution in [0.25, 0.3) is 0 Å². The number of benzene rings is 1. The average molecular weight is 273 g/mol. The molecule has 1 aromatic rings. The van der Waals surface area contributed by atoms with Crippen molar-refractivity contribution in [3.8, 4) is 18.1 Å². The van der Waals surface area contributed by atoms with Gasteiger partial charge in [-0.1, -0.05) is 5.92 Å². The summed E-state index contributed by atoms with van der Waals surface area (Å²) in [6.45, 7) is 3.30. The maximum absolute atomic E-state index is 11.8. The molecule has 1 heterocycles. The lowest BCUT2D eigenvalue weighted by molar-refractivity contribution is 0.195. The molecule has 5 nitrogen and oxygen atoms in total. The summed E-state index contributed by atoms with van der Waals surface area (Å²) < 4.78 is 5.15. The molecule has 1 fully saturated rings. The monoisotopic (exact) mass is 273 g/mol. The number of hydrogen-bond donors (Lipinski definition) is 1. The van der Waals surface area contributed by atoms with E-state index in [4.69, 9.17) is 11.2 Å². The van der Waals surface area contributed by atoms with Gasteiger partial charge in [0.05, 0.1) is 13.7 Å². The molecular formula is C15H19N3O2. The normalized spacial score (nSPS) is 14.6. The van der Waals surface area contributed by atoms with Gasteiger partial charge in [-0.15, -0.1) is 6.42 Å². The number of nitrogens with zero attached hydrogens (tertiary/aromatic N) is 2. The molecule has 1 aliphatic rings. The molecule has 0 spiro atoms. The minimum Gasteiger partial charge on any atom is -0.497 e. The van der Waals surface area contributed by atoms with Gasteiger partial charge < -0.3 is 19.9 Å². The largest absolute Gasteiger partial charge is 0.497 e. The molecule has 1 saturated heterocycles. The number of methoxy groups -OCH3 is 1. The molecule has 0 atom stereocenters. The Morgan fingerprint density at radius 1 is 1.30 bits per heavy atom. The number of carbonyl (C=O) groups excluding carboxylic acids is 1. The highest BCUT2D eigenvalue weighted by atomic mass is 16.5. The summed E-state index contributed by atoms with van der Waals surface area (Å²) >= 11 is 0. The predicted molar refractivity (Wildman–Crippen MR) is 79.0 cm³/mol. The van der Waals surface area contributed by atoms with Crippen molar-refractivity contribution in [2.24, 2.45) is 0 Å². The Morgan fingerprint density at radius 2 is 1.95 bits per heavy atom. The van der Waals surface area contributed by atoms with Crippen molar-refractivity contribution in [3.63, 3.8) is 0 Å². The van der Waals surface area contributed by atoms with Gasteiger partial charge in [-0.05, 0) is 24.3 Å². The Labute approximate surface area is 119 Å². The lowest BCUT2D eigenvalue weighted by Crippen LogP contribution is -2.51. The standard InChI is InChI=1S/C15H19N3O2/c1-3-8-16-15(19)18-11-9-17(10-12-18)13-4-6-14(20-2)7-5-13/h1,4-7H,8-12H2,2H3,(H,16,19). The van der Waals surface area contributed by atoms with E-state index in [0.29, 0.717) is 13.1 Å². The Kier molecular flexibility index (Phi) is 4.72. The zero-order chi connectivity index (χ0) is 14.4. The van der Waals surface area contributed by atoms with Gasteiger partial charge in [0.2, 0.25) is 0 Å². The minimum atomic E-state index is -0.0858. The van der Waals surface area contributed by atoms with Gasteiger partial charge in [0.25, 0.3) is 0 Å². The fourth-order valence-electron chi connectivity index (χ4n) is 2.20. The van der Waals surface area contributed by atoms with Gasteiger partial charge in [-0.2, -0.15) is 0 Å². The molecule has 5 heteroatoms. The Morgan fingerprint density at radius 3 is 2.50 bits per heavy atom. The fraction of sp³-hybridized carbons (Fsp3) is 0.400. The lowest BCUT2D eigenvalue weighted by atomic mass is 10.2. The van der Waals surface area contributed by atoms with Crippen molar-refractivity contribution >= 4 is 11.7 Å². The van der Waals surface area contributed by atoms with Crippen LogP contribution in [0.5, 0.6) is 5.75 Å². The molecule has 0 bridgehead atoms. The first-order chi connectivity index (χ1) is 9.74. The van der Waals surface area contributed by atoms with Crippen LogP contribution in [0.3, 0.4) is 0 Å². The second-order valence-corrected chi connectivity index (χ2v) is 4.53. The highest BCUT2D eigenvalue weighted by molar-refractivity contribution is 5.74. The molecule has 0 saturated carbocycles. The van der Waals surface area contributed by atoms with E-state index in [0.717, 1.165) is 24.5 Å². The fourth-order valence-corrected chi connectivity index (χ4v) is 2.20. The summed E-state index contributed by atoms with van der Waals surface area (Å²) in [6.07, 6.45) is 5.13. The molecule has 1 N–H and O–H groups in total. The number of rotatable bonds is 3. The molecule has 1 aliphatic heterocycles. The summed E-state index contributed by atoms with van der Waals surface area (Å²) in [7, 11) is 1.66. The summed E-state index contributed by atoms with van der Waals surface area (Å²) in [5.74, 6) is 3.25. The SMILES string of the molecule is C#CCNC(=O)N1CCN(c2ccc(OC)cc2)CC1. The molecule has 106 valence electrons. The maximum atomic E-state index is 11.8. The van der Waals surface area contributed by atoms with Gasteiger partial charge in [-0.3, -0.25) is 0 Å². The van der Waals surface area contributed by atoms with Crippen LogP contribution in [0.4, 0.5) is 10.5 Å². The first kappa shape index (κ1) is 14.1. The summed E-state index contributed by atoms with van der Waals surface area (Å²) in [5.41, 5.74) is 1.15. The van der Waals surface area contributed by atoms with E-state index in [1.807, 2.05) is 24.3 Å². The van der Waals surface area contributed by atoms with Crippen LogP contribution in [0, 0.1) is 12.3 Å². The zero-order valence-electron chi connectivity index (χ0n) is 11.6. The summed E-state index contributed by atoms with van der Waals surface area (Å²) in [6, 6.07) is 7.87. The average Bonchev–Trinajstić information content (AvgIpc) is 2.53. The summed E-state index contributed by atoms with van der Waals surface area (Å²) in [4.78, 5) is 15.8. The van der Waals surface area contributed by atoms with Crippen LogP contribution in [-0.2, 0) is 0 Å². The van der Waals surface area contributed by atoms with E-state index in [9.17, 15) is 4.79 Å². The second-order valence-electron chi connectivity index (χ2n) is 4.53. The number of urea groups is 1. The highest BCUT2D eigenvalue weighted by Gasteiger charge is 2.20. The third kappa shape index (κ3) is 3.35. The topological polar surface area (TPSA) is 44.8 Å². The van der Waals surface area contributed by atoms with Crippen molar-refractivity contribution < 1.29 is 9.53 Å². The smallest absolute Gasteiger partial charge is 0.318 e. The van der Waals surface area contributed by atoms with Crippen LogP contribution in [0.1, 0.15) is 0 Å². The number of ether oxygens (including phenoxy) is 1. The van der Waals surface area contributed by atoms with E-state index in [1.54, 1.807) is 12.0 Å². The number of piperazine rings is 1. The Hall–Kier alpha value is -2.35. The molecule has 2 amide bonds. The van der Waals surface area contributed by atoms with Crippen LogP contribution >= 0.6 is 0 Å². The van der Waals surface area contributed by atoms with Crippen LogP contribution < -0.4 is 15.0 Å². The van der Waals surface area contributed by atoms with Gasteiger partial charge in [0, 0.05) is 31.9 Å². The number of amides is 2. The van der Waals surface area contributed by atoms with Gasteiger partial charge in [0.1, 0.15) is 5.75 Å². The molecule has 0 radical (unpaired) electrons. The van der Waals surface area contributed by atoms with Gasteiger partial charge in [-0.25, -0.2) is 4.79 Å². The van der Waals surface area contributed by atoms with Crippen molar-refractivity contribution in [1.29, 1.82) is 0 Å². The molecule has 2 rings (SSSR count). The van der Waals surface area contributed by atoms with Crippen LogP contribution in [0.2, 0.25) is 0 Å². The first-order valence-corrected chi connectivity index (χ1v) is 6.60. The number of carbonyl (C=O) groups is 1. The van der Waals surface area contributed by atoms with E-state index in [1.165, 1.54) is 0 Å². The second kappa shape index (κ2) is 6.71. The first-order valence-electron chi connectivity index (χ1n) is 6.60. The summed E-state index contributed by atoms with van der Waals surface area (Å²) in [5, 5.41) is 2.69. The van der Waals surface area contributed by atoms with Crippen LogP contribution in [0.15, 0.2) is 24.3 Å². The van der Waals surface area contributed by atoms with Crippen molar-refractivity contribution in [3.05, 3.63) is 24.3 Å². The number of terminal acetylenes is 1. The van der Waals surface area contributed by atoms with Crippen molar-refractivity contribution in [2.75, 3.05) is 44.7 Å². The number of anilines is 1. The minimum absolute atomic E-state index is 0.0858. The van der Waals surface area contributed by atoms with Crippen LogP contribution in [-0.4, -0.2) is 50.8 Å².